The monoisotopic (exact) mass is 497 g/mol. The molecule has 35 heavy (non-hydrogen) atoms. The largest absolute Gasteiger partial charge is 0.340 e. The van der Waals surface area contributed by atoms with Gasteiger partial charge in [-0.25, -0.2) is 0 Å². The summed E-state index contributed by atoms with van der Waals surface area (Å²) in [5.74, 6) is 1.45. The Bertz CT molecular complexity index is 1110. The smallest absolute Gasteiger partial charge is 0.307 e. The Kier molecular flexibility index (Phi) is 5.64. The van der Waals surface area contributed by atoms with Crippen molar-refractivity contribution < 1.29 is 9.72 Å². The maximum Gasteiger partial charge on any atom is 0.307 e. The van der Waals surface area contributed by atoms with Crippen molar-refractivity contribution in [2.75, 3.05) is 26.2 Å². The third-order valence-corrected chi connectivity index (χ3v) is 9.24. The van der Waals surface area contributed by atoms with Crippen molar-refractivity contribution in [2.24, 2.45) is 17.3 Å². The van der Waals surface area contributed by atoms with E-state index < -0.39 is 0 Å². The van der Waals surface area contributed by atoms with E-state index in [1.165, 1.54) is 18.2 Å². The van der Waals surface area contributed by atoms with Crippen molar-refractivity contribution >= 4 is 23.2 Å². The van der Waals surface area contributed by atoms with E-state index in [1.807, 2.05) is 16.8 Å². The average molecular weight is 498 g/mol. The van der Waals surface area contributed by atoms with Gasteiger partial charge in [0.25, 0.3) is 0 Å². The third-order valence-electron chi connectivity index (χ3n) is 8.99. The maximum absolute atomic E-state index is 13.5. The molecule has 0 spiro atoms. The second-order valence-corrected chi connectivity index (χ2v) is 12.0. The van der Waals surface area contributed by atoms with Crippen molar-refractivity contribution in [3.63, 3.8) is 0 Å². The molecule has 4 saturated carbocycles. The number of nitro groups is 1. The lowest BCUT2D eigenvalue weighted by Crippen LogP contribution is -2.58. The van der Waals surface area contributed by atoms with Gasteiger partial charge < -0.3 is 4.90 Å². The highest BCUT2D eigenvalue weighted by atomic mass is 35.5. The van der Waals surface area contributed by atoms with Gasteiger partial charge in [0, 0.05) is 44.2 Å². The average Bonchev–Trinajstić information content (AvgIpc) is 3.32. The van der Waals surface area contributed by atoms with Gasteiger partial charge >= 0.3 is 5.69 Å². The van der Waals surface area contributed by atoms with Crippen LogP contribution in [0.5, 0.6) is 0 Å². The molecule has 2 unspecified atom stereocenters. The first-order valence-corrected chi connectivity index (χ1v) is 13.1. The minimum atomic E-state index is -0.365. The van der Waals surface area contributed by atoms with Crippen LogP contribution in [0, 0.1) is 27.4 Å². The summed E-state index contributed by atoms with van der Waals surface area (Å²) in [4.78, 5) is 28.9. The predicted molar refractivity (Wildman–Crippen MR) is 132 cm³/mol. The van der Waals surface area contributed by atoms with Crippen molar-refractivity contribution in [3.05, 3.63) is 57.4 Å². The number of aromatic nitrogens is 2. The number of nitrogens with zero attached hydrogens (tertiary/aromatic N) is 5. The number of rotatable bonds is 6. The summed E-state index contributed by atoms with van der Waals surface area (Å²) >= 11 is 6.00. The zero-order chi connectivity index (χ0) is 24.2. The molecule has 2 aromatic rings. The van der Waals surface area contributed by atoms with Gasteiger partial charge in [-0.15, -0.1) is 0 Å². The van der Waals surface area contributed by atoms with E-state index in [-0.39, 0.29) is 27.5 Å². The van der Waals surface area contributed by atoms with Crippen LogP contribution in [0.15, 0.2) is 36.7 Å². The van der Waals surface area contributed by atoms with Gasteiger partial charge in [-0.3, -0.25) is 24.5 Å². The van der Waals surface area contributed by atoms with Gasteiger partial charge in [0.1, 0.15) is 12.4 Å². The molecule has 5 aliphatic rings. The molecule has 7 rings (SSSR count). The molecule has 1 saturated heterocycles. The summed E-state index contributed by atoms with van der Waals surface area (Å²) in [5.41, 5.74) is 1.13. The number of halogens is 1. The molecule has 8 nitrogen and oxygen atoms in total. The van der Waals surface area contributed by atoms with E-state index in [2.05, 4.69) is 27.0 Å². The van der Waals surface area contributed by atoms with Crippen LogP contribution in [0.2, 0.25) is 5.02 Å². The normalized spacial score (nSPS) is 32.2. The molecule has 2 atom stereocenters. The van der Waals surface area contributed by atoms with Crippen LogP contribution in [0.3, 0.4) is 0 Å². The van der Waals surface area contributed by atoms with Gasteiger partial charge in [-0.2, -0.15) is 5.10 Å². The first-order chi connectivity index (χ1) is 16.8. The molecule has 0 N–H and O–H groups in total. The zero-order valence-corrected chi connectivity index (χ0v) is 20.7. The molecule has 2 heterocycles. The van der Waals surface area contributed by atoms with Gasteiger partial charge in [-0.1, -0.05) is 23.7 Å². The van der Waals surface area contributed by atoms with E-state index in [1.54, 1.807) is 6.20 Å². The Labute approximate surface area is 210 Å². The Morgan fingerprint density at radius 2 is 1.77 bits per heavy atom. The lowest BCUT2D eigenvalue weighted by atomic mass is 9.46. The van der Waals surface area contributed by atoms with E-state index in [4.69, 9.17) is 11.6 Å². The van der Waals surface area contributed by atoms with Crippen molar-refractivity contribution in [1.29, 1.82) is 0 Å². The highest BCUT2D eigenvalue weighted by molar-refractivity contribution is 6.30. The standard InChI is InChI=1S/C26H32ClN5O3/c27-22-3-1-19(2-4-22)16-29-5-7-30(8-6-29)24(33)14-25-10-20-9-21(11-25)13-26(12-20,18-25)31-17-23(15-28-31)32(34)35/h1-4,15,17,20-21H,5-14,16,18H2. The molecule has 4 aliphatic carbocycles. The van der Waals surface area contributed by atoms with E-state index >= 15 is 0 Å². The summed E-state index contributed by atoms with van der Waals surface area (Å²) in [6.07, 6.45) is 10.0. The number of hydrogen-bond donors (Lipinski definition) is 0. The molecule has 4 bridgehead atoms. The molecule has 1 amide bonds. The highest BCUT2D eigenvalue weighted by Crippen LogP contribution is 2.65. The molecule has 9 heteroatoms. The first kappa shape index (κ1) is 23.0. The molecule has 5 fully saturated rings. The Morgan fingerprint density at radius 3 is 2.40 bits per heavy atom. The number of carbonyl (C=O) groups excluding carboxylic acids is 1. The second kappa shape index (κ2) is 8.59. The molecule has 1 aliphatic heterocycles. The lowest BCUT2D eigenvalue weighted by molar-refractivity contribution is -0.385. The van der Waals surface area contributed by atoms with Crippen molar-refractivity contribution in [1.82, 2.24) is 19.6 Å². The maximum atomic E-state index is 13.5. The van der Waals surface area contributed by atoms with Crippen molar-refractivity contribution in [3.8, 4) is 0 Å². The SMILES string of the molecule is O=C(CC12CC3CC(C1)CC(n1cc([N+](=O)[O-])cn1)(C3)C2)N1CCN(Cc2ccc(Cl)cc2)CC1. The minimum Gasteiger partial charge on any atom is -0.340 e. The topological polar surface area (TPSA) is 84.5 Å². The summed E-state index contributed by atoms with van der Waals surface area (Å²) < 4.78 is 1.89. The summed E-state index contributed by atoms with van der Waals surface area (Å²) in [5, 5.41) is 16.5. The van der Waals surface area contributed by atoms with Gasteiger partial charge in [0.05, 0.1) is 10.5 Å². The van der Waals surface area contributed by atoms with Gasteiger partial charge in [-0.05, 0) is 73.5 Å². The van der Waals surface area contributed by atoms with Crippen LogP contribution in [0.4, 0.5) is 5.69 Å². The Hall–Kier alpha value is -2.45. The van der Waals surface area contributed by atoms with Crippen LogP contribution >= 0.6 is 11.6 Å². The quantitative estimate of drug-likeness (QED) is 0.434. The van der Waals surface area contributed by atoms with E-state index in [0.29, 0.717) is 18.3 Å². The molecule has 0 radical (unpaired) electrons. The fourth-order valence-electron chi connectivity index (χ4n) is 7.98. The lowest BCUT2D eigenvalue weighted by Gasteiger charge is -2.62. The van der Waals surface area contributed by atoms with Crippen LogP contribution in [0.1, 0.15) is 50.5 Å². The fourth-order valence-corrected chi connectivity index (χ4v) is 8.11. The predicted octanol–water partition coefficient (Wildman–Crippen LogP) is 4.47. The summed E-state index contributed by atoms with van der Waals surface area (Å²) in [6.45, 7) is 4.18. The van der Waals surface area contributed by atoms with Crippen LogP contribution in [0.25, 0.3) is 0 Å². The first-order valence-electron chi connectivity index (χ1n) is 12.8. The van der Waals surface area contributed by atoms with Crippen molar-refractivity contribution in [2.45, 2.75) is 57.0 Å². The summed E-state index contributed by atoms with van der Waals surface area (Å²) in [7, 11) is 0. The zero-order valence-electron chi connectivity index (χ0n) is 19.9. The number of amides is 1. The fraction of sp³-hybridized carbons (Fsp3) is 0.615. The molecular weight excluding hydrogens is 466 g/mol. The van der Waals surface area contributed by atoms with E-state index in [9.17, 15) is 14.9 Å². The van der Waals surface area contributed by atoms with Gasteiger partial charge in [0.2, 0.25) is 5.91 Å². The third kappa shape index (κ3) is 4.35. The number of piperazine rings is 1. The van der Waals surface area contributed by atoms with Crippen LogP contribution in [-0.4, -0.2) is 56.6 Å². The van der Waals surface area contributed by atoms with Gasteiger partial charge in [0.15, 0.2) is 0 Å². The minimum absolute atomic E-state index is 0.00232. The number of carbonyl (C=O) groups is 1. The number of hydrogen-bond acceptors (Lipinski definition) is 5. The molecular formula is C26H32ClN5O3. The molecule has 1 aromatic carbocycles. The Balaban J connectivity index is 1.11. The van der Waals surface area contributed by atoms with Crippen LogP contribution in [-0.2, 0) is 16.9 Å². The second-order valence-electron chi connectivity index (χ2n) is 11.5. The van der Waals surface area contributed by atoms with E-state index in [0.717, 1.165) is 69.9 Å². The molecule has 186 valence electrons. The summed E-state index contributed by atoms with van der Waals surface area (Å²) in [6, 6.07) is 7.99. The van der Waals surface area contributed by atoms with Crippen LogP contribution < -0.4 is 0 Å². The molecule has 1 aromatic heterocycles. The number of benzene rings is 1. The Morgan fingerprint density at radius 1 is 1.09 bits per heavy atom. The highest BCUT2D eigenvalue weighted by Gasteiger charge is 2.59.